The average Bonchev–Trinajstić information content (AvgIpc) is 3.23. The molecule has 1 aliphatic heterocycles. The minimum Gasteiger partial charge on any atom is -0.339 e. The summed E-state index contributed by atoms with van der Waals surface area (Å²) in [5.74, 6) is 0.832. The second-order valence-corrected chi connectivity index (χ2v) is 6.35. The van der Waals surface area contributed by atoms with E-state index in [4.69, 9.17) is 0 Å². The van der Waals surface area contributed by atoms with Crippen LogP contribution in [0.25, 0.3) is 5.69 Å². The van der Waals surface area contributed by atoms with E-state index in [0.29, 0.717) is 6.04 Å². The Kier molecular flexibility index (Phi) is 4.70. The number of aromatic nitrogens is 4. The van der Waals surface area contributed by atoms with E-state index in [0.717, 1.165) is 37.7 Å². The van der Waals surface area contributed by atoms with Gasteiger partial charge in [-0.2, -0.15) is 0 Å². The number of nitrogens with zero attached hydrogens (tertiary/aromatic N) is 5. The molecule has 3 heterocycles. The van der Waals surface area contributed by atoms with Crippen LogP contribution in [0.3, 0.4) is 0 Å². The summed E-state index contributed by atoms with van der Waals surface area (Å²) in [6, 6.07) is 10.9. The highest BCUT2D eigenvalue weighted by molar-refractivity contribution is 5.34. The van der Waals surface area contributed by atoms with Crippen LogP contribution >= 0.6 is 0 Å². The zero-order chi connectivity index (χ0) is 16.9. The SMILES string of the molecule is c1cnc(N2CCC[C@@H](NCc3ccc(-n4ccnc4)cc3)C2)nc1. The fraction of sp³-hybridized carbons (Fsp3) is 0.316. The second-order valence-electron chi connectivity index (χ2n) is 6.35. The molecule has 1 aromatic carbocycles. The lowest BCUT2D eigenvalue weighted by molar-refractivity contribution is 0.418. The standard InChI is InChI=1S/C19H22N6/c1-3-17(14-24(11-1)19-21-8-2-9-22-19)23-13-16-4-6-18(7-5-16)25-12-10-20-15-25/h2,4-10,12,15,17,23H,1,3,11,13-14H2/t17-/m1/s1. The van der Waals surface area contributed by atoms with Gasteiger partial charge in [0.1, 0.15) is 0 Å². The van der Waals surface area contributed by atoms with Crippen LogP contribution in [0, 0.1) is 0 Å². The predicted molar refractivity (Wildman–Crippen MR) is 97.7 cm³/mol. The molecule has 25 heavy (non-hydrogen) atoms. The molecule has 0 amide bonds. The fourth-order valence-electron chi connectivity index (χ4n) is 3.24. The number of rotatable bonds is 5. The lowest BCUT2D eigenvalue weighted by atomic mass is 10.1. The van der Waals surface area contributed by atoms with Crippen molar-refractivity contribution in [2.24, 2.45) is 0 Å². The molecule has 128 valence electrons. The van der Waals surface area contributed by atoms with Crippen LogP contribution in [0.4, 0.5) is 5.95 Å². The van der Waals surface area contributed by atoms with Gasteiger partial charge in [-0.25, -0.2) is 15.0 Å². The van der Waals surface area contributed by atoms with E-state index in [2.05, 4.69) is 49.4 Å². The molecule has 1 aliphatic rings. The molecule has 4 rings (SSSR count). The Labute approximate surface area is 147 Å². The third-order valence-corrected chi connectivity index (χ3v) is 4.59. The van der Waals surface area contributed by atoms with Crippen LogP contribution in [-0.2, 0) is 6.54 Å². The van der Waals surface area contributed by atoms with Gasteiger partial charge < -0.3 is 14.8 Å². The van der Waals surface area contributed by atoms with E-state index in [1.165, 1.54) is 12.0 Å². The Balaban J connectivity index is 1.33. The number of imidazole rings is 1. The highest BCUT2D eigenvalue weighted by Gasteiger charge is 2.21. The van der Waals surface area contributed by atoms with E-state index in [9.17, 15) is 0 Å². The van der Waals surface area contributed by atoms with E-state index in [1.807, 2.05) is 23.2 Å². The zero-order valence-electron chi connectivity index (χ0n) is 14.1. The summed E-state index contributed by atoms with van der Waals surface area (Å²) in [6.07, 6.45) is 11.5. The van der Waals surface area contributed by atoms with Crippen molar-refractivity contribution in [3.05, 3.63) is 67.0 Å². The quantitative estimate of drug-likeness (QED) is 0.776. The van der Waals surface area contributed by atoms with Gasteiger partial charge in [0.05, 0.1) is 6.33 Å². The van der Waals surface area contributed by atoms with Gasteiger partial charge in [-0.05, 0) is 36.6 Å². The van der Waals surface area contributed by atoms with Crippen molar-refractivity contribution in [3.63, 3.8) is 0 Å². The molecule has 1 atom stereocenters. The number of anilines is 1. The molecule has 0 saturated carbocycles. The fourth-order valence-corrected chi connectivity index (χ4v) is 3.24. The molecule has 0 unspecified atom stereocenters. The Morgan fingerprint density at radius 3 is 2.68 bits per heavy atom. The summed E-state index contributed by atoms with van der Waals surface area (Å²) in [5, 5.41) is 3.68. The maximum atomic E-state index is 4.37. The number of hydrogen-bond acceptors (Lipinski definition) is 5. The van der Waals surface area contributed by atoms with Gasteiger partial charge in [-0.1, -0.05) is 12.1 Å². The molecule has 0 bridgehead atoms. The van der Waals surface area contributed by atoms with Crippen LogP contribution in [-0.4, -0.2) is 38.7 Å². The van der Waals surface area contributed by atoms with Gasteiger partial charge in [0.15, 0.2) is 0 Å². The maximum Gasteiger partial charge on any atom is 0.225 e. The number of nitrogens with one attached hydrogen (secondary N) is 1. The first-order chi connectivity index (χ1) is 12.4. The third kappa shape index (κ3) is 3.85. The average molecular weight is 334 g/mol. The molecule has 0 radical (unpaired) electrons. The van der Waals surface area contributed by atoms with Gasteiger partial charge in [-0.3, -0.25) is 0 Å². The van der Waals surface area contributed by atoms with Crippen molar-refractivity contribution in [3.8, 4) is 5.69 Å². The predicted octanol–water partition coefficient (Wildman–Crippen LogP) is 2.42. The van der Waals surface area contributed by atoms with Gasteiger partial charge in [-0.15, -0.1) is 0 Å². The Bertz CT molecular complexity index is 769. The largest absolute Gasteiger partial charge is 0.339 e. The number of benzene rings is 1. The smallest absolute Gasteiger partial charge is 0.225 e. The van der Waals surface area contributed by atoms with Crippen molar-refractivity contribution in [2.45, 2.75) is 25.4 Å². The molecule has 6 nitrogen and oxygen atoms in total. The molecule has 1 saturated heterocycles. The van der Waals surface area contributed by atoms with Crippen molar-refractivity contribution in [1.82, 2.24) is 24.8 Å². The molecular formula is C19H22N6. The minimum absolute atomic E-state index is 0.464. The third-order valence-electron chi connectivity index (χ3n) is 4.59. The summed E-state index contributed by atoms with van der Waals surface area (Å²) in [4.78, 5) is 15.1. The Morgan fingerprint density at radius 1 is 1.08 bits per heavy atom. The zero-order valence-corrected chi connectivity index (χ0v) is 14.1. The second kappa shape index (κ2) is 7.44. The molecule has 0 spiro atoms. The highest BCUT2D eigenvalue weighted by atomic mass is 15.3. The minimum atomic E-state index is 0.464. The molecule has 6 heteroatoms. The van der Waals surface area contributed by atoms with Crippen LogP contribution < -0.4 is 10.2 Å². The molecule has 1 fully saturated rings. The lowest BCUT2D eigenvalue weighted by Gasteiger charge is -2.33. The lowest BCUT2D eigenvalue weighted by Crippen LogP contribution is -2.46. The van der Waals surface area contributed by atoms with E-state index in [1.54, 1.807) is 18.6 Å². The van der Waals surface area contributed by atoms with Crippen molar-refractivity contribution in [1.29, 1.82) is 0 Å². The summed E-state index contributed by atoms with van der Waals surface area (Å²) in [6.45, 7) is 2.86. The van der Waals surface area contributed by atoms with Gasteiger partial charge in [0.25, 0.3) is 0 Å². The number of hydrogen-bond donors (Lipinski definition) is 1. The first kappa shape index (κ1) is 15.8. The normalized spacial score (nSPS) is 17.6. The van der Waals surface area contributed by atoms with Gasteiger partial charge in [0, 0.05) is 56.2 Å². The Hall–Kier alpha value is -2.73. The Morgan fingerprint density at radius 2 is 1.92 bits per heavy atom. The van der Waals surface area contributed by atoms with Crippen LogP contribution in [0.1, 0.15) is 18.4 Å². The molecule has 1 N–H and O–H groups in total. The first-order valence-corrected chi connectivity index (χ1v) is 8.71. The van der Waals surface area contributed by atoms with Gasteiger partial charge >= 0.3 is 0 Å². The van der Waals surface area contributed by atoms with Gasteiger partial charge in [0.2, 0.25) is 5.95 Å². The van der Waals surface area contributed by atoms with E-state index in [-0.39, 0.29) is 0 Å². The van der Waals surface area contributed by atoms with Crippen molar-refractivity contribution >= 4 is 5.95 Å². The molecular weight excluding hydrogens is 312 g/mol. The van der Waals surface area contributed by atoms with E-state index >= 15 is 0 Å². The summed E-state index contributed by atoms with van der Waals surface area (Å²) >= 11 is 0. The van der Waals surface area contributed by atoms with Crippen molar-refractivity contribution < 1.29 is 0 Å². The van der Waals surface area contributed by atoms with Crippen LogP contribution in [0.2, 0.25) is 0 Å². The van der Waals surface area contributed by atoms with Crippen LogP contribution in [0.5, 0.6) is 0 Å². The monoisotopic (exact) mass is 334 g/mol. The van der Waals surface area contributed by atoms with E-state index < -0.39 is 0 Å². The van der Waals surface area contributed by atoms with Crippen molar-refractivity contribution in [2.75, 3.05) is 18.0 Å². The molecule has 2 aromatic heterocycles. The maximum absolute atomic E-state index is 4.37. The molecule has 0 aliphatic carbocycles. The van der Waals surface area contributed by atoms with Crippen LogP contribution in [0.15, 0.2) is 61.4 Å². The summed E-state index contributed by atoms with van der Waals surface area (Å²) in [5.41, 5.74) is 2.42. The summed E-state index contributed by atoms with van der Waals surface area (Å²) < 4.78 is 2.01. The number of piperidine rings is 1. The topological polar surface area (TPSA) is 58.9 Å². The molecule has 3 aromatic rings. The highest BCUT2D eigenvalue weighted by Crippen LogP contribution is 2.16. The summed E-state index contributed by atoms with van der Waals surface area (Å²) in [7, 11) is 0. The first-order valence-electron chi connectivity index (χ1n) is 8.71.